The average molecular weight is 232 g/mol. The first kappa shape index (κ1) is 11.0. The number of carbonyl (C=O) groups is 1. The van der Waals surface area contributed by atoms with E-state index in [4.69, 9.17) is 5.73 Å². The first-order chi connectivity index (χ1) is 8.15. The molecule has 0 aliphatic carbocycles. The van der Waals surface area contributed by atoms with Crippen LogP contribution in [0.25, 0.3) is 0 Å². The molecule has 0 radical (unpaired) electrons. The molecular weight excluding hydrogens is 223 g/mol. The Balaban J connectivity index is 2.14. The zero-order valence-electron chi connectivity index (χ0n) is 8.72. The Hall–Kier alpha value is -2.50. The van der Waals surface area contributed by atoms with Crippen LogP contribution in [-0.2, 0) is 0 Å². The van der Waals surface area contributed by atoms with Crippen molar-refractivity contribution in [1.82, 2.24) is 9.97 Å². The molecule has 3 N–H and O–H groups in total. The summed E-state index contributed by atoms with van der Waals surface area (Å²) >= 11 is 0. The molecule has 0 unspecified atom stereocenters. The van der Waals surface area contributed by atoms with Gasteiger partial charge in [0.15, 0.2) is 0 Å². The highest BCUT2D eigenvalue weighted by atomic mass is 19.1. The van der Waals surface area contributed by atoms with E-state index < -0.39 is 5.82 Å². The molecule has 0 atom stereocenters. The Labute approximate surface area is 96.5 Å². The van der Waals surface area contributed by atoms with Crippen LogP contribution < -0.4 is 11.1 Å². The Kier molecular flexibility index (Phi) is 2.95. The molecule has 0 fully saturated rings. The number of carbonyl (C=O) groups excluding carboxylic acids is 1. The number of rotatable bonds is 2. The molecule has 5 nitrogen and oxygen atoms in total. The maximum atomic E-state index is 12.6. The van der Waals surface area contributed by atoms with E-state index in [1.165, 1.54) is 30.5 Å². The van der Waals surface area contributed by atoms with Gasteiger partial charge in [-0.25, -0.2) is 14.4 Å². The van der Waals surface area contributed by atoms with Gasteiger partial charge in [0.05, 0.1) is 6.20 Å². The van der Waals surface area contributed by atoms with Gasteiger partial charge < -0.3 is 11.1 Å². The number of aromatic nitrogens is 2. The normalized spacial score (nSPS) is 9.94. The standard InChI is InChI=1S/C11H9FN4O/c12-8-1-2-10(15-6-8)16-11(17)7-3-4-14-9(13)5-7/h1-6H,(H2,13,14)(H,15,16,17). The lowest BCUT2D eigenvalue weighted by Gasteiger charge is -2.04. The number of pyridine rings is 2. The first-order valence-corrected chi connectivity index (χ1v) is 4.79. The van der Waals surface area contributed by atoms with E-state index in [0.29, 0.717) is 5.56 Å². The molecule has 2 rings (SSSR count). The van der Waals surface area contributed by atoms with Gasteiger partial charge in [0.2, 0.25) is 0 Å². The van der Waals surface area contributed by atoms with Crippen LogP contribution in [-0.4, -0.2) is 15.9 Å². The predicted molar refractivity (Wildman–Crippen MR) is 60.8 cm³/mol. The predicted octanol–water partition coefficient (Wildman–Crippen LogP) is 1.45. The minimum absolute atomic E-state index is 0.254. The molecule has 0 aliphatic heterocycles. The fraction of sp³-hybridized carbons (Fsp3) is 0. The second-order valence-corrected chi connectivity index (χ2v) is 3.29. The number of nitrogens with one attached hydrogen (secondary N) is 1. The Morgan fingerprint density at radius 3 is 2.76 bits per heavy atom. The van der Waals surface area contributed by atoms with Crippen molar-refractivity contribution in [3.63, 3.8) is 0 Å². The van der Waals surface area contributed by atoms with E-state index in [1.807, 2.05) is 0 Å². The molecule has 2 aromatic rings. The van der Waals surface area contributed by atoms with Crippen LogP contribution in [0.4, 0.5) is 16.0 Å². The van der Waals surface area contributed by atoms with Crippen molar-refractivity contribution in [3.05, 3.63) is 48.0 Å². The average Bonchev–Trinajstić information content (AvgIpc) is 2.32. The third-order valence-corrected chi connectivity index (χ3v) is 2.01. The number of nitrogens with zero attached hydrogens (tertiary/aromatic N) is 2. The fourth-order valence-corrected chi connectivity index (χ4v) is 1.23. The highest BCUT2D eigenvalue weighted by molar-refractivity contribution is 6.04. The smallest absolute Gasteiger partial charge is 0.257 e. The monoisotopic (exact) mass is 232 g/mol. The van der Waals surface area contributed by atoms with Gasteiger partial charge in [-0.3, -0.25) is 4.79 Å². The maximum absolute atomic E-state index is 12.6. The van der Waals surface area contributed by atoms with Crippen LogP contribution in [0.1, 0.15) is 10.4 Å². The maximum Gasteiger partial charge on any atom is 0.257 e. The van der Waals surface area contributed by atoms with Crippen molar-refractivity contribution in [2.24, 2.45) is 0 Å². The number of amides is 1. The molecule has 0 bridgehead atoms. The number of nitrogen functional groups attached to an aromatic ring is 1. The van der Waals surface area contributed by atoms with Gasteiger partial charge in [0, 0.05) is 11.8 Å². The van der Waals surface area contributed by atoms with Crippen LogP contribution in [0.3, 0.4) is 0 Å². The zero-order valence-corrected chi connectivity index (χ0v) is 8.72. The highest BCUT2D eigenvalue weighted by Gasteiger charge is 2.07. The summed E-state index contributed by atoms with van der Waals surface area (Å²) in [5.41, 5.74) is 5.82. The van der Waals surface area contributed by atoms with Crippen molar-refractivity contribution < 1.29 is 9.18 Å². The van der Waals surface area contributed by atoms with Gasteiger partial charge in [0.1, 0.15) is 17.5 Å². The lowest BCUT2D eigenvalue weighted by Crippen LogP contribution is -2.13. The van der Waals surface area contributed by atoms with Gasteiger partial charge in [-0.05, 0) is 24.3 Å². The summed E-state index contributed by atoms with van der Waals surface area (Å²) in [4.78, 5) is 19.2. The molecule has 2 heterocycles. The van der Waals surface area contributed by atoms with Gasteiger partial charge in [-0.2, -0.15) is 0 Å². The summed E-state index contributed by atoms with van der Waals surface area (Å²) in [7, 11) is 0. The van der Waals surface area contributed by atoms with E-state index in [1.54, 1.807) is 0 Å². The molecule has 0 spiro atoms. The van der Waals surface area contributed by atoms with E-state index in [0.717, 1.165) is 6.20 Å². The highest BCUT2D eigenvalue weighted by Crippen LogP contribution is 2.08. The second kappa shape index (κ2) is 4.56. The topological polar surface area (TPSA) is 80.9 Å². The quantitative estimate of drug-likeness (QED) is 0.821. The van der Waals surface area contributed by atoms with Crippen molar-refractivity contribution in [1.29, 1.82) is 0 Å². The van der Waals surface area contributed by atoms with Crippen LogP contribution >= 0.6 is 0 Å². The van der Waals surface area contributed by atoms with E-state index >= 15 is 0 Å². The summed E-state index contributed by atoms with van der Waals surface area (Å²) in [6.07, 6.45) is 2.46. The molecule has 6 heteroatoms. The number of halogens is 1. The molecule has 17 heavy (non-hydrogen) atoms. The Morgan fingerprint density at radius 1 is 1.29 bits per heavy atom. The Bertz CT molecular complexity index is 541. The molecule has 0 aliphatic rings. The van der Waals surface area contributed by atoms with Gasteiger partial charge >= 0.3 is 0 Å². The molecular formula is C11H9FN4O. The third kappa shape index (κ3) is 2.75. The minimum Gasteiger partial charge on any atom is -0.384 e. The molecule has 1 amide bonds. The lowest BCUT2D eigenvalue weighted by molar-refractivity contribution is 0.102. The number of hydrogen-bond acceptors (Lipinski definition) is 4. The number of hydrogen-bond donors (Lipinski definition) is 2. The van der Waals surface area contributed by atoms with E-state index in [2.05, 4.69) is 15.3 Å². The van der Waals surface area contributed by atoms with Crippen molar-refractivity contribution in [3.8, 4) is 0 Å². The van der Waals surface area contributed by atoms with Crippen LogP contribution in [0.15, 0.2) is 36.7 Å². The van der Waals surface area contributed by atoms with Crippen molar-refractivity contribution in [2.75, 3.05) is 11.1 Å². The molecule has 0 saturated heterocycles. The van der Waals surface area contributed by atoms with Gasteiger partial charge in [0.25, 0.3) is 5.91 Å². The van der Waals surface area contributed by atoms with Gasteiger partial charge in [-0.15, -0.1) is 0 Å². The summed E-state index contributed by atoms with van der Waals surface area (Å²) in [6.45, 7) is 0. The molecule has 2 aromatic heterocycles. The number of nitrogens with two attached hydrogens (primary N) is 1. The Morgan fingerprint density at radius 2 is 2.12 bits per heavy atom. The van der Waals surface area contributed by atoms with Crippen molar-refractivity contribution >= 4 is 17.5 Å². The summed E-state index contributed by atoms with van der Waals surface area (Å²) < 4.78 is 12.6. The SMILES string of the molecule is Nc1cc(C(=O)Nc2ccc(F)cn2)ccn1. The molecule has 0 saturated carbocycles. The second-order valence-electron chi connectivity index (χ2n) is 3.29. The minimum atomic E-state index is -0.462. The van der Waals surface area contributed by atoms with E-state index in [-0.39, 0.29) is 17.5 Å². The number of anilines is 2. The van der Waals surface area contributed by atoms with Gasteiger partial charge in [-0.1, -0.05) is 0 Å². The molecule has 86 valence electrons. The van der Waals surface area contributed by atoms with Crippen molar-refractivity contribution in [2.45, 2.75) is 0 Å². The first-order valence-electron chi connectivity index (χ1n) is 4.79. The summed E-state index contributed by atoms with van der Waals surface area (Å²) in [5.74, 6) is -0.314. The fourth-order valence-electron chi connectivity index (χ4n) is 1.23. The zero-order chi connectivity index (χ0) is 12.3. The summed E-state index contributed by atoms with van der Waals surface area (Å²) in [6, 6.07) is 5.55. The van der Waals surface area contributed by atoms with Crippen LogP contribution in [0.5, 0.6) is 0 Å². The summed E-state index contributed by atoms with van der Waals surface area (Å²) in [5, 5.41) is 2.51. The lowest BCUT2D eigenvalue weighted by atomic mass is 10.2. The van der Waals surface area contributed by atoms with Crippen LogP contribution in [0, 0.1) is 5.82 Å². The molecule has 0 aromatic carbocycles. The third-order valence-electron chi connectivity index (χ3n) is 2.01. The largest absolute Gasteiger partial charge is 0.384 e. The van der Waals surface area contributed by atoms with Crippen LogP contribution in [0.2, 0.25) is 0 Å². The van der Waals surface area contributed by atoms with E-state index in [9.17, 15) is 9.18 Å².